The SMILES string of the molecule is COc1cc2c(Cl)ncnc2cc1OCC(CN1CCN(C)CC1)OC(C)=O.COc1cc2c(Nc3ccc(Br)cc3F)ncnc2cc1OCC(O)CN1CCN(C)CC1.Nc1ccc(Br)cc1F. The molecule has 0 bridgehead atoms. The molecule has 0 saturated carbocycles. The Morgan fingerprint density at radius 2 is 1.26 bits per heavy atom. The summed E-state index contributed by atoms with van der Waals surface area (Å²) in [6, 6.07) is 16.3. The van der Waals surface area contributed by atoms with E-state index in [2.05, 4.69) is 90.8 Å². The largest absolute Gasteiger partial charge is 0.493 e. The van der Waals surface area contributed by atoms with Crippen LogP contribution in [-0.4, -0.2) is 170 Å². The van der Waals surface area contributed by atoms with Crippen LogP contribution in [0.4, 0.5) is 26.0 Å². The van der Waals surface area contributed by atoms with Crippen LogP contribution in [0.25, 0.3) is 21.8 Å². The third-order valence-electron chi connectivity index (χ3n) is 11.3. The zero-order chi connectivity index (χ0) is 50.3. The van der Waals surface area contributed by atoms with E-state index in [0.717, 1.165) is 52.4 Å². The molecule has 376 valence electrons. The number of likely N-dealkylation sites (N-methyl/N-ethyl adjacent to an activating group) is 2. The van der Waals surface area contributed by atoms with Gasteiger partial charge in [0, 0.05) is 104 Å². The van der Waals surface area contributed by atoms with E-state index in [4.69, 9.17) is 41.0 Å². The summed E-state index contributed by atoms with van der Waals surface area (Å²) in [5, 5.41) is 15.2. The number of aromatic nitrogens is 4. The van der Waals surface area contributed by atoms with E-state index in [1.807, 2.05) is 0 Å². The van der Waals surface area contributed by atoms with Crippen molar-refractivity contribution in [1.82, 2.24) is 39.5 Å². The number of fused-ring (bicyclic) bond motifs is 2. The van der Waals surface area contributed by atoms with Gasteiger partial charge in [-0.05, 0) is 62.6 Å². The number of benzene rings is 4. The number of rotatable bonds is 15. The Hall–Kier alpha value is -5.26. The quantitative estimate of drug-likeness (QED) is 0.0528. The van der Waals surface area contributed by atoms with Crippen LogP contribution in [-0.2, 0) is 9.53 Å². The fraction of sp³-hybridized carbons (Fsp3) is 0.396. The molecule has 0 amide bonds. The number of nitrogens with two attached hydrogens (primary N) is 1. The van der Waals surface area contributed by atoms with Gasteiger partial charge in [-0.3, -0.25) is 14.6 Å². The molecule has 2 atom stereocenters. The van der Waals surface area contributed by atoms with Crippen molar-refractivity contribution in [3.8, 4) is 23.0 Å². The third-order valence-corrected chi connectivity index (χ3v) is 12.5. The second-order valence-corrected chi connectivity index (χ2v) is 18.7. The monoisotopic (exact) mass is 1120 g/mol. The van der Waals surface area contributed by atoms with Crippen molar-refractivity contribution in [2.75, 3.05) is 118 Å². The lowest BCUT2D eigenvalue weighted by molar-refractivity contribution is -0.149. The molecule has 2 aromatic heterocycles. The number of aliphatic hydroxyl groups excluding tert-OH is 1. The minimum absolute atomic E-state index is 0.133. The number of hydrogen-bond acceptors (Lipinski definition) is 17. The van der Waals surface area contributed by atoms with Crippen LogP contribution in [0.2, 0.25) is 5.15 Å². The minimum Gasteiger partial charge on any atom is -0.493 e. The van der Waals surface area contributed by atoms with Crippen molar-refractivity contribution in [2.45, 2.75) is 19.1 Å². The third kappa shape index (κ3) is 15.9. The lowest BCUT2D eigenvalue weighted by Gasteiger charge is -2.34. The maximum absolute atomic E-state index is 14.3. The zero-order valence-electron chi connectivity index (χ0n) is 39.5. The van der Waals surface area contributed by atoms with E-state index in [0.29, 0.717) is 83.5 Å². The molecule has 8 rings (SSSR count). The summed E-state index contributed by atoms with van der Waals surface area (Å²) in [7, 11) is 7.30. The number of anilines is 3. The van der Waals surface area contributed by atoms with Gasteiger partial charge in [-0.1, -0.05) is 43.5 Å². The van der Waals surface area contributed by atoms with Gasteiger partial charge in [0.15, 0.2) is 23.0 Å². The van der Waals surface area contributed by atoms with Gasteiger partial charge in [-0.15, -0.1) is 0 Å². The van der Waals surface area contributed by atoms with Crippen molar-refractivity contribution < 1.29 is 42.4 Å². The smallest absolute Gasteiger partial charge is 0.303 e. The molecule has 4 aromatic carbocycles. The Labute approximate surface area is 427 Å². The lowest BCUT2D eigenvalue weighted by atomic mass is 10.2. The van der Waals surface area contributed by atoms with E-state index in [-0.39, 0.29) is 36.8 Å². The number of halogens is 5. The summed E-state index contributed by atoms with van der Waals surface area (Å²) < 4.78 is 56.3. The first-order chi connectivity index (χ1) is 33.6. The predicted octanol–water partition coefficient (Wildman–Crippen LogP) is 7.29. The fourth-order valence-corrected chi connectivity index (χ4v) is 8.25. The van der Waals surface area contributed by atoms with Gasteiger partial charge in [0.2, 0.25) is 0 Å². The van der Waals surface area contributed by atoms with E-state index in [1.54, 1.807) is 56.7 Å². The molecule has 22 heteroatoms. The second kappa shape index (κ2) is 26.3. The molecular formula is C48H57Br2ClF2N10O7. The van der Waals surface area contributed by atoms with Crippen molar-refractivity contribution >= 4 is 88.4 Å². The van der Waals surface area contributed by atoms with Crippen LogP contribution >= 0.6 is 43.5 Å². The number of nitrogen functional groups attached to an aromatic ring is 1. The first-order valence-corrected chi connectivity index (χ1v) is 24.2. The summed E-state index contributed by atoms with van der Waals surface area (Å²) >= 11 is 12.5. The molecule has 17 nitrogen and oxygen atoms in total. The maximum atomic E-state index is 14.3. The number of piperazine rings is 2. The summed E-state index contributed by atoms with van der Waals surface area (Å²) in [4.78, 5) is 37.4. The average Bonchev–Trinajstić information content (AvgIpc) is 3.33. The van der Waals surface area contributed by atoms with E-state index in [9.17, 15) is 18.7 Å². The fourth-order valence-electron chi connectivity index (χ4n) is 7.39. The van der Waals surface area contributed by atoms with Gasteiger partial charge in [0.25, 0.3) is 0 Å². The summed E-state index contributed by atoms with van der Waals surface area (Å²) in [5.74, 6) is 1.31. The average molecular weight is 1120 g/mol. The molecule has 2 unspecified atom stereocenters. The molecule has 70 heavy (non-hydrogen) atoms. The standard InChI is InChI=1S/C23H27BrFN5O3.C19H25ClN4O4.C6H5BrFN/c1-29-5-7-30(8-6-29)12-16(31)13-33-22-11-20-17(10-21(22)32-2)23(27-14-26-20)28-19-4-3-15(24)9-18(19)25;1-13(25)28-14(10-24-6-4-23(2)5-7-24)11-27-18-9-16-15(8-17(18)26-3)19(20)22-12-21-16;7-4-1-2-6(9)5(8)3-4/h3-4,9-11,14,16,31H,5-8,12-13H2,1-2H3,(H,26,27,28);8-9,12,14H,4-7,10-11H2,1-3H3;1-3H,9H2. The van der Waals surface area contributed by atoms with Crippen LogP contribution in [0.5, 0.6) is 23.0 Å². The number of ether oxygens (including phenoxy) is 5. The van der Waals surface area contributed by atoms with Gasteiger partial charge in [-0.25, -0.2) is 28.7 Å². The molecule has 0 spiro atoms. The maximum Gasteiger partial charge on any atom is 0.303 e. The van der Waals surface area contributed by atoms with Gasteiger partial charge >= 0.3 is 5.97 Å². The lowest BCUT2D eigenvalue weighted by Crippen LogP contribution is -2.48. The van der Waals surface area contributed by atoms with Gasteiger partial charge in [0.1, 0.15) is 60.7 Å². The summed E-state index contributed by atoms with van der Waals surface area (Å²) in [6.07, 6.45) is 1.79. The van der Waals surface area contributed by atoms with Gasteiger partial charge in [-0.2, -0.15) is 0 Å². The number of methoxy groups -OCH3 is 2. The predicted molar refractivity (Wildman–Crippen MR) is 274 cm³/mol. The first-order valence-electron chi connectivity index (χ1n) is 22.2. The Morgan fingerprint density at radius 1 is 0.729 bits per heavy atom. The Morgan fingerprint density at radius 3 is 1.81 bits per heavy atom. The highest BCUT2D eigenvalue weighted by Gasteiger charge is 2.23. The van der Waals surface area contributed by atoms with E-state index < -0.39 is 11.9 Å². The van der Waals surface area contributed by atoms with Crippen molar-refractivity contribution in [3.63, 3.8) is 0 Å². The molecule has 2 fully saturated rings. The van der Waals surface area contributed by atoms with E-state index >= 15 is 0 Å². The Kier molecular flexibility index (Phi) is 20.3. The highest BCUT2D eigenvalue weighted by Crippen LogP contribution is 2.36. The van der Waals surface area contributed by atoms with Crippen LogP contribution in [0, 0.1) is 11.6 Å². The number of hydrogen-bond donors (Lipinski definition) is 3. The molecule has 2 aliphatic heterocycles. The normalized spacial score (nSPS) is 15.5. The van der Waals surface area contributed by atoms with Crippen LogP contribution in [0.1, 0.15) is 6.92 Å². The second-order valence-electron chi connectivity index (χ2n) is 16.6. The number of β-amino-alcohol motifs (C(OH)–C–C–N with tert-alkyl or cyclic N) is 1. The number of nitrogens with zero attached hydrogens (tertiary/aromatic N) is 8. The molecule has 4 heterocycles. The zero-order valence-corrected chi connectivity index (χ0v) is 43.4. The van der Waals surface area contributed by atoms with Gasteiger partial charge < -0.3 is 49.6 Å². The topological polar surface area (TPSA) is 186 Å². The molecular weight excluding hydrogens is 1060 g/mol. The summed E-state index contributed by atoms with van der Waals surface area (Å²) in [6.45, 7) is 10.6. The van der Waals surface area contributed by atoms with Crippen molar-refractivity contribution in [2.24, 2.45) is 0 Å². The van der Waals surface area contributed by atoms with Crippen LogP contribution in [0.15, 0.2) is 82.3 Å². The summed E-state index contributed by atoms with van der Waals surface area (Å²) in [5.41, 5.74) is 6.93. The van der Waals surface area contributed by atoms with Crippen LogP contribution in [0.3, 0.4) is 0 Å². The highest BCUT2D eigenvalue weighted by atomic mass is 79.9. The number of esters is 1. The molecule has 2 saturated heterocycles. The Balaban J connectivity index is 0.000000197. The minimum atomic E-state index is -0.628. The Bertz CT molecular complexity index is 2690. The number of carbonyl (C=O) groups excluding carboxylic acids is 1. The van der Waals surface area contributed by atoms with E-state index in [1.165, 1.54) is 37.8 Å². The number of aliphatic hydroxyl groups is 1. The van der Waals surface area contributed by atoms with Crippen molar-refractivity contribution in [3.05, 3.63) is 99.1 Å². The first kappa shape index (κ1) is 54.1. The van der Waals surface area contributed by atoms with Gasteiger partial charge in [0.05, 0.1) is 36.6 Å². The molecule has 2 aliphatic rings. The van der Waals surface area contributed by atoms with Crippen molar-refractivity contribution in [1.29, 1.82) is 0 Å². The highest BCUT2D eigenvalue weighted by molar-refractivity contribution is 9.10. The molecule has 6 aromatic rings. The molecule has 0 radical (unpaired) electrons. The number of nitrogens with one attached hydrogen (secondary N) is 1. The molecule has 4 N–H and O–H groups in total. The van der Waals surface area contributed by atoms with Crippen LogP contribution < -0.4 is 30.0 Å². The molecule has 0 aliphatic carbocycles. The number of carbonyl (C=O) groups is 1.